The second-order valence-electron chi connectivity index (χ2n) is 6.19. The molecule has 1 amide bonds. The molecule has 1 fully saturated rings. The molecule has 0 spiro atoms. The first kappa shape index (κ1) is 18.5. The lowest BCUT2D eigenvalue weighted by molar-refractivity contribution is 0.131. The smallest absolute Gasteiger partial charge is 0.408 e. The quantitative estimate of drug-likeness (QED) is 0.529. The molecule has 0 unspecified atom stereocenters. The Morgan fingerprint density at radius 2 is 1.90 bits per heavy atom. The average molecular weight is 395 g/mol. The summed E-state index contributed by atoms with van der Waals surface area (Å²) >= 11 is 0. The standard InChI is InChI=1S/C21H12F3N3O2/c22-14-4-1-3-13(10-14)19-18(27-21(28)29-19)15-9-12(11-26-20(15)24)6-7-17-16(23)5-2-8-25-17/h1-5,8-11,18-19H,(H,27,28)/t18-,19-/m1/s1. The predicted molar refractivity (Wildman–Crippen MR) is 95.9 cm³/mol. The van der Waals surface area contributed by atoms with Crippen molar-refractivity contribution in [2.24, 2.45) is 0 Å². The van der Waals surface area contributed by atoms with Crippen LogP contribution in [0.15, 0.2) is 54.9 Å². The van der Waals surface area contributed by atoms with E-state index in [4.69, 9.17) is 4.74 Å². The highest BCUT2D eigenvalue weighted by molar-refractivity contribution is 5.71. The number of aromatic nitrogens is 2. The van der Waals surface area contributed by atoms with Crippen LogP contribution in [0.1, 0.15) is 34.5 Å². The molecule has 144 valence electrons. The molecule has 2 atom stereocenters. The fourth-order valence-corrected chi connectivity index (χ4v) is 2.97. The SMILES string of the molecule is O=C1N[C@H](c2cc(C#Cc3ncccc3F)cnc2F)[C@@H](c2cccc(F)c2)O1. The van der Waals surface area contributed by atoms with Gasteiger partial charge in [-0.1, -0.05) is 18.1 Å². The van der Waals surface area contributed by atoms with Crippen molar-refractivity contribution >= 4 is 6.09 Å². The van der Waals surface area contributed by atoms with Gasteiger partial charge in [0.1, 0.15) is 17.6 Å². The maximum absolute atomic E-state index is 14.4. The minimum absolute atomic E-state index is 0.0124. The molecule has 1 aromatic carbocycles. The van der Waals surface area contributed by atoms with Crippen LogP contribution in [0.2, 0.25) is 0 Å². The molecule has 1 saturated heterocycles. The Labute approximate surface area is 163 Å². The third-order valence-corrected chi connectivity index (χ3v) is 4.27. The zero-order chi connectivity index (χ0) is 20.4. The van der Waals surface area contributed by atoms with E-state index in [0.29, 0.717) is 5.56 Å². The number of cyclic esters (lactones) is 1. The molecule has 0 bridgehead atoms. The Balaban J connectivity index is 1.70. The average Bonchev–Trinajstić information content (AvgIpc) is 3.10. The molecule has 4 rings (SSSR count). The lowest BCUT2D eigenvalue weighted by Gasteiger charge is -2.18. The van der Waals surface area contributed by atoms with Gasteiger partial charge in [-0.2, -0.15) is 4.39 Å². The summed E-state index contributed by atoms with van der Waals surface area (Å²) in [7, 11) is 0. The van der Waals surface area contributed by atoms with Crippen molar-refractivity contribution in [3.8, 4) is 11.8 Å². The molecule has 0 saturated carbocycles. The van der Waals surface area contributed by atoms with Crippen LogP contribution in [-0.2, 0) is 4.74 Å². The molecule has 3 heterocycles. The lowest BCUT2D eigenvalue weighted by Crippen LogP contribution is -2.21. The van der Waals surface area contributed by atoms with Crippen LogP contribution < -0.4 is 5.32 Å². The van der Waals surface area contributed by atoms with E-state index in [9.17, 15) is 18.0 Å². The lowest BCUT2D eigenvalue weighted by atomic mass is 9.96. The monoisotopic (exact) mass is 395 g/mol. The van der Waals surface area contributed by atoms with Gasteiger partial charge in [0, 0.05) is 23.5 Å². The fraction of sp³-hybridized carbons (Fsp3) is 0.0952. The first-order valence-electron chi connectivity index (χ1n) is 8.52. The molecule has 29 heavy (non-hydrogen) atoms. The number of amides is 1. The van der Waals surface area contributed by atoms with Crippen molar-refractivity contribution in [3.63, 3.8) is 0 Å². The number of alkyl carbamates (subject to hydrolysis) is 1. The normalized spacial score (nSPS) is 17.8. The molecule has 1 aliphatic rings. The Bertz CT molecular complexity index is 1160. The number of rotatable bonds is 2. The minimum atomic E-state index is -0.953. The van der Waals surface area contributed by atoms with E-state index in [-0.39, 0.29) is 16.8 Å². The first-order chi connectivity index (χ1) is 14.0. The van der Waals surface area contributed by atoms with Crippen LogP contribution >= 0.6 is 0 Å². The number of halogens is 3. The van der Waals surface area contributed by atoms with E-state index in [2.05, 4.69) is 27.1 Å². The number of nitrogens with zero attached hydrogens (tertiary/aromatic N) is 2. The number of hydrogen-bond acceptors (Lipinski definition) is 4. The Morgan fingerprint density at radius 3 is 2.69 bits per heavy atom. The van der Waals surface area contributed by atoms with E-state index in [0.717, 1.165) is 0 Å². The molecular formula is C21H12F3N3O2. The predicted octanol–water partition coefficient (Wildman–Crippen LogP) is 3.82. The number of pyridine rings is 2. The molecule has 0 radical (unpaired) electrons. The molecule has 0 aliphatic carbocycles. The van der Waals surface area contributed by atoms with Gasteiger partial charge in [-0.15, -0.1) is 0 Å². The van der Waals surface area contributed by atoms with Gasteiger partial charge in [-0.3, -0.25) is 0 Å². The van der Waals surface area contributed by atoms with E-state index < -0.39 is 35.8 Å². The van der Waals surface area contributed by atoms with Gasteiger partial charge in [0.25, 0.3) is 0 Å². The molecule has 1 N–H and O–H groups in total. The van der Waals surface area contributed by atoms with E-state index in [1.165, 1.54) is 48.8 Å². The second kappa shape index (κ2) is 7.64. The van der Waals surface area contributed by atoms with Gasteiger partial charge < -0.3 is 10.1 Å². The minimum Gasteiger partial charge on any atom is -0.439 e. The highest BCUT2D eigenvalue weighted by atomic mass is 19.1. The summed E-state index contributed by atoms with van der Waals surface area (Å²) in [5, 5.41) is 2.51. The van der Waals surface area contributed by atoms with Gasteiger partial charge in [0.05, 0.1) is 0 Å². The fourth-order valence-electron chi connectivity index (χ4n) is 2.97. The Hall–Kier alpha value is -3.86. The number of ether oxygens (including phenoxy) is 1. The summed E-state index contributed by atoms with van der Waals surface area (Å²) < 4.78 is 46.9. The van der Waals surface area contributed by atoms with Gasteiger partial charge in [0.2, 0.25) is 5.95 Å². The van der Waals surface area contributed by atoms with Crippen LogP contribution in [-0.4, -0.2) is 16.1 Å². The number of nitrogens with one attached hydrogen (secondary N) is 1. The molecular weight excluding hydrogens is 383 g/mol. The highest BCUT2D eigenvalue weighted by Crippen LogP contribution is 2.37. The Morgan fingerprint density at radius 1 is 1.03 bits per heavy atom. The number of hydrogen-bond donors (Lipinski definition) is 1. The summed E-state index contributed by atoms with van der Waals surface area (Å²) in [4.78, 5) is 19.3. The molecule has 8 heteroatoms. The van der Waals surface area contributed by atoms with Crippen LogP contribution in [0.3, 0.4) is 0 Å². The summed E-state index contributed by atoms with van der Waals surface area (Å²) in [5.41, 5.74) is 0.595. The van der Waals surface area contributed by atoms with Crippen molar-refractivity contribution in [1.82, 2.24) is 15.3 Å². The second-order valence-corrected chi connectivity index (χ2v) is 6.19. The van der Waals surface area contributed by atoms with Crippen molar-refractivity contribution < 1.29 is 22.7 Å². The number of benzene rings is 1. The number of carbonyl (C=O) groups excluding carboxylic acids is 1. The molecule has 3 aromatic rings. The van der Waals surface area contributed by atoms with Crippen LogP contribution in [0.5, 0.6) is 0 Å². The number of carbonyl (C=O) groups is 1. The van der Waals surface area contributed by atoms with E-state index in [1.54, 1.807) is 6.07 Å². The molecule has 2 aromatic heterocycles. The topological polar surface area (TPSA) is 64.1 Å². The van der Waals surface area contributed by atoms with Crippen molar-refractivity contribution in [1.29, 1.82) is 0 Å². The zero-order valence-corrected chi connectivity index (χ0v) is 14.7. The van der Waals surface area contributed by atoms with E-state index in [1.807, 2.05) is 0 Å². The van der Waals surface area contributed by atoms with Crippen LogP contribution in [0.25, 0.3) is 0 Å². The van der Waals surface area contributed by atoms with Crippen molar-refractivity contribution in [2.75, 3.05) is 0 Å². The van der Waals surface area contributed by atoms with Gasteiger partial charge in [0.15, 0.2) is 11.9 Å². The van der Waals surface area contributed by atoms with Crippen molar-refractivity contribution in [2.45, 2.75) is 12.1 Å². The van der Waals surface area contributed by atoms with Crippen LogP contribution in [0.4, 0.5) is 18.0 Å². The van der Waals surface area contributed by atoms with Gasteiger partial charge >= 0.3 is 6.09 Å². The largest absolute Gasteiger partial charge is 0.439 e. The third kappa shape index (κ3) is 3.89. The maximum atomic E-state index is 14.4. The Kier molecular flexibility index (Phi) is 4.87. The zero-order valence-electron chi connectivity index (χ0n) is 14.7. The third-order valence-electron chi connectivity index (χ3n) is 4.27. The van der Waals surface area contributed by atoms with Gasteiger partial charge in [-0.05, 0) is 41.8 Å². The summed E-state index contributed by atoms with van der Waals surface area (Å²) in [6, 6.07) is 8.58. The van der Waals surface area contributed by atoms with Gasteiger partial charge in [-0.25, -0.2) is 23.5 Å². The first-order valence-corrected chi connectivity index (χ1v) is 8.52. The molecule has 1 aliphatic heterocycles. The van der Waals surface area contributed by atoms with Crippen LogP contribution in [0, 0.1) is 29.4 Å². The summed E-state index contributed by atoms with van der Waals surface area (Å²) in [6.07, 6.45) is 0.861. The summed E-state index contributed by atoms with van der Waals surface area (Å²) in [5.74, 6) is 3.30. The summed E-state index contributed by atoms with van der Waals surface area (Å²) in [6.45, 7) is 0. The maximum Gasteiger partial charge on any atom is 0.408 e. The highest BCUT2D eigenvalue weighted by Gasteiger charge is 2.38. The molecule has 5 nitrogen and oxygen atoms in total. The van der Waals surface area contributed by atoms with Crippen molar-refractivity contribution in [3.05, 3.63) is 94.8 Å². The van der Waals surface area contributed by atoms with E-state index >= 15 is 0 Å².